The van der Waals surface area contributed by atoms with Gasteiger partial charge in [-0.1, -0.05) is 30.3 Å². The van der Waals surface area contributed by atoms with Crippen LogP contribution in [0.5, 0.6) is 0 Å². The van der Waals surface area contributed by atoms with Crippen LogP contribution in [0.3, 0.4) is 0 Å². The minimum Gasteiger partial charge on any atom is -0.341 e. The van der Waals surface area contributed by atoms with E-state index in [1.165, 1.54) is 5.56 Å². The molecule has 1 aromatic rings. The molecule has 0 saturated carbocycles. The number of benzene rings is 1. The topological polar surface area (TPSA) is 52.7 Å². The Morgan fingerprint density at radius 2 is 1.70 bits per heavy atom. The van der Waals surface area contributed by atoms with Gasteiger partial charge in [-0.3, -0.25) is 9.59 Å². The molecule has 0 aliphatic rings. The monoisotopic (exact) mass is 319 g/mol. The number of likely N-dealkylation sites (N-methyl/N-ethyl adjacent to an activating group) is 1. The summed E-state index contributed by atoms with van der Waals surface area (Å²) in [5, 5.41) is 3.29. The summed E-state index contributed by atoms with van der Waals surface area (Å²) < 4.78 is 0. The molecule has 0 aromatic heterocycles. The fraction of sp³-hybridized carbons (Fsp3) is 0.556. The lowest BCUT2D eigenvalue weighted by molar-refractivity contribution is -0.131. The molecule has 0 saturated heterocycles. The van der Waals surface area contributed by atoms with Gasteiger partial charge >= 0.3 is 0 Å². The molecule has 0 fully saturated rings. The smallest absolute Gasteiger partial charge is 0.223 e. The highest BCUT2D eigenvalue weighted by Gasteiger charge is 2.13. The van der Waals surface area contributed by atoms with Crippen molar-refractivity contribution in [3.63, 3.8) is 0 Å². The first kappa shape index (κ1) is 19.3. The van der Waals surface area contributed by atoms with E-state index in [2.05, 4.69) is 17.4 Å². The highest BCUT2D eigenvalue weighted by Crippen LogP contribution is 2.00. The summed E-state index contributed by atoms with van der Waals surface area (Å²) in [5.74, 6) is 0.225. The molecule has 0 spiro atoms. The lowest BCUT2D eigenvalue weighted by Crippen LogP contribution is -2.39. The molecule has 1 amide bonds. The SMILES string of the molecule is CC(=O)CCN(CCN(C)C)C(=O)CCNCc1ccccc1. The predicted molar refractivity (Wildman–Crippen MR) is 93.2 cm³/mol. The van der Waals surface area contributed by atoms with Gasteiger partial charge in [-0.25, -0.2) is 0 Å². The molecular weight excluding hydrogens is 290 g/mol. The van der Waals surface area contributed by atoms with E-state index >= 15 is 0 Å². The second kappa shape index (κ2) is 10.9. The number of nitrogens with zero attached hydrogens (tertiary/aromatic N) is 2. The van der Waals surface area contributed by atoms with Crippen molar-refractivity contribution in [1.29, 1.82) is 0 Å². The predicted octanol–water partition coefficient (Wildman–Crippen LogP) is 1.54. The quantitative estimate of drug-likeness (QED) is 0.629. The summed E-state index contributed by atoms with van der Waals surface area (Å²) in [5.41, 5.74) is 1.21. The zero-order valence-electron chi connectivity index (χ0n) is 14.5. The lowest BCUT2D eigenvalue weighted by Gasteiger charge is -2.24. The van der Waals surface area contributed by atoms with E-state index in [1.54, 1.807) is 11.8 Å². The van der Waals surface area contributed by atoms with Crippen LogP contribution >= 0.6 is 0 Å². The number of hydrogen-bond acceptors (Lipinski definition) is 4. The maximum Gasteiger partial charge on any atom is 0.223 e. The zero-order chi connectivity index (χ0) is 17.1. The number of nitrogens with one attached hydrogen (secondary N) is 1. The maximum atomic E-state index is 12.3. The third-order valence-electron chi connectivity index (χ3n) is 3.59. The van der Waals surface area contributed by atoms with Crippen LogP contribution in [0.2, 0.25) is 0 Å². The van der Waals surface area contributed by atoms with Gasteiger partial charge in [0, 0.05) is 45.6 Å². The van der Waals surface area contributed by atoms with Crippen molar-refractivity contribution in [2.24, 2.45) is 0 Å². The van der Waals surface area contributed by atoms with Gasteiger partial charge in [0.1, 0.15) is 5.78 Å². The Bertz CT molecular complexity index is 474. The van der Waals surface area contributed by atoms with Crippen molar-refractivity contribution in [2.45, 2.75) is 26.3 Å². The number of Topliss-reactive ketones (excluding diaryl/α,β-unsaturated/α-hetero) is 1. The van der Waals surface area contributed by atoms with Crippen molar-refractivity contribution in [1.82, 2.24) is 15.1 Å². The van der Waals surface area contributed by atoms with Crippen molar-refractivity contribution < 1.29 is 9.59 Å². The normalized spacial score (nSPS) is 10.8. The summed E-state index contributed by atoms with van der Waals surface area (Å²) in [6, 6.07) is 10.1. The van der Waals surface area contributed by atoms with Crippen LogP contribution in [0.15, 0.2) is 30.3 Å². The van der Waals surface area contributed by atoms with E-state index in [0.717, 1.165) is 13.1 Å². The Morgan fingerprint density at radius 1 is 1.00 bits per heavy atom. The Labute approximate surface area is 139 Å². The summed E-state index contributed by atoms with van der Waals surface area (Å²) >= 11 is 0. The molecule has 1 rings (SSSR count). The third kappa shape index (κ3) is 9.11. The minimum absolute atomic E-state index is 0.105. The van der Waals surface area contributed by atoms with Crippen LogP contribution in [0.25, 0.3) is 0 Å². The Balaban J connectivity index is 2.34. The van der Waals surface area contributed by atoms with Crippen molar-refractivity contribution >= 4 is 11.7 Å². The van der Waals surface area contributed by atoms with Gasteiger partial charge in [-0.2, -0.15) is 0 Å². The number of carbonyl (C=O) groups excluding carboxylic acids is 2. The standard InChI is InChI=1S/C18H29N3O2/c1-16(22)10-12-21(14-13-20(2)3)18(23)9-11-19-15-17-7-5-4-6-8-17/h4-8,19H,9-15H2,1-3H3. The number of amides is 1. The van der Waals surface area contributed by atoms with E-state index in [9.17, 15) is 9.59 Å². The summed E-state index contributed by atoms with van der Waals surface area (Å²) in [6.07, 6.45) is 0.884. The molecule has 5 nitrogen and oxygen atoms in total. The van der Waals surface area contributed by atoms with Crippen LogP contribution < -0.4 is 5.32 Å². The Hall–Kier alpha value is -1.72. The first-order chi connectivity index (χ1) is 11.0. The Kier molecular flexibility index (Phi) is 9.17. The Morgan fingerprint density at radius 3 is 2.30 bits per heavy atom. The van der Waals surface area contributed by atoms with E-state index < -0.39 is 0 Å². The second-order valence-corrected chi connectivity index (χ2v) is 6.05. The molecule has 0 bridgehead atoms. The minimum atomic E-state index is 0.105. The molecule has 1 N–H and O–H groups in total. The fourth-order valence-corrected chi connectivity index (χ4v) is 2.16. The van der Waals surface area contributed by atoms with Gasteiger partial charge in [0.05, 0.1) is 0 Å². The zero-order valence-corrected chi connectivity index (χ0v) is 14.5. The van der Waals surface area contributed by atoms with Gasteiger partial charge in [0.25, 0.3) is 0 Å². The van der Waals surface area contributed by atoms with Gasteiger partial charge < -0.3 is 15.1 Å². The second-order valence-electron chi connectivity index (χ2n) is 6.05. The molecule has 0 atom stereocenters. The van der Waals surface area contributed by atoms with E-state index in [1.807, 2.05) is 37.2 Å². The van der Waals surface area contributed by atoms with E-state index in [0.29, 0.717) is 32.5 Å². The molecule has 0 heterocycles. The number of carbonyl (C=O) groups is 2. The number of hydrogen-bond donors (Lipinski definition) is 1. The van der Waals surface area contributed by atoms with Crippen molar-refractivity contribution in [3.05, 3.63) is 35.9 Å². The van der Waals surface area contributed by atoms with Gasteiger partial charge in [-0.15, -0.1) is 0 Å². The van der Waals surface area contributed by atoms with E-state index in [-0.39, 0.29) is 11.7 Å². The van der Waals surface area contributed by atoms with Crippen LogP contribution in [-0.4, -0.2) is 61.8 Å². The highest BCUT2D eigenvalue weighted by molar-refractivity contribution is 5.79. The molecule has 0 radical (unpaired) electrons. The van der Waals surface area contributed by atoms with Gasteiger partial charge in [-0.05, 0) is 26.6 Å². The van der Waals surface area contributed by atoms with Crippen LogP contribution in [0.4, 0.5) is 0 Å². The average Bonchev–Trinajstić information content (AvgIpc) is 2.52. The molecule has 0 unspecified atom stereocenters. The fourth-order valence-electron chi connectivity index (χ4n) is 2.16. The first-order valence-corrected chi connectivity index (χ1v) is 8.15. The van der Waals surface area contributed by atoms with Gasteiger partial charge in [0.15, 0.2) is 0 Å². The van der Waals surface area contributed by atoms with Crippen LogP contribution in [0.1, 0.15) is 25.3 Å². The van der Waals surface area contributed by atoms with Crippen LogP contribution in [0, 0.1) is 0 Å². The summed E-state index contributed by atoms with van der Waals surface area (Å²) in [6.45, 7) is 4.96. The van der Waals surface area contributed by atoms with Crippen LogP contribution in [-0.2, 0) is 16.1 Å². The number of ketones is 1. The third-order valence-corrected chi connectivity index (χ3v) is 3.59. The molecule has 5 heteroatoms. The van der Waals surface area contributed by atoms with Crippen molar-refractivity contribution in [2.75, 3.05) is 40.3 Å². The average molecular weight is 319 g/mol. The molecule has 1 aromatic carbocycles. The molecule has 0 aliphatic carbocycles. The molecular formula is C18H29N3O2. The van der Waals surface area contributed by atoms with E-state index in [4.69, 9.17) is 0 Å². The lowest BCUT2D eigenvalue weighted by atomic mass is 10.2. The molecule has 0 aliphatic heterocycles. The maximum absolute atomic E-state index is 12.3. The van der Waals surface area contributed by atoms with Crippen molar-refractivity contribution in [3.8, 4) is 0 Å². The highest BCUT2D eigenvalue weighted by atomic mass is 16.2. The summed E-state index contributed by atoms with van der Waals surface area (Å²) in [4.78, 5) is 27.3. The first-order valence-electron chi connectivity index (χ1n) is 8.15. The molecule has 23 heavy (non-hydrogen) atoms. The molecule has 128 valence electrons. The largest absolute Gasteiger partial charge is 0.341 e. The van der Waals surface area contributed by atoms with Gasteiger partial charge in [0.2, 0.25) is 5.91 Å². The summed E-state index contributed by atoms with van der Waals surface area (Å²) in [7, 11) is 3.96. The number of rotatable bonds is 11.